The van der Waals surface area contributed by atoms with Gasteiger partial charge in [-0.15, -0.1) is 0 Å². The van der Waals surface area contributed by atoms with Crippen molar-refractivity contribution in [2.45, 2.75) is 83.1 Å². The molecule has 1 aliphatic carbocycles. The van der Waals surface area contributed by atoms with Crippen LogP contribution < -0.4 is 15.1 Å². The van der Waals surface area contributed by atoms with Crippen molar-refractivity contribution in [2.75, 3.05) is 36.0 Å². The van der Waals surface area contributed by atoms with Gasteiger partial charge in [0.1, 0.15) is 17.4 Å². The maximum atomic E-state index is 13.2. The Kier molecular flexibility index (Phi) is 8.82. The Morgan fingerprint density at radius 2 is 1.81 bits per heavy atom. The highest BCUT2D eigenvalue weighted by Crippen LogP contribution is 2.48. The van der Waals surface area contributed by atoms with Crippen LogP contribution in [0.1, 0.15) is 83.8 Å². The van der Waals surface area contributed by atoms with Gasteiger partial charge in [0.15, 0.2) is 6.23 Å². The van der Waals surface area contributed by atoms with E-state index in [1.54, 1.807) is 6.07 Å². The zero-order valence-corrected chi connectivity index (χ0v) is 31.0. The number of carbonyl (C=O) groups is 3. The summed E-state index contributed by atoms with van der Waals surface area (Å²) in [5, 5.41) is 27.4. The third kappa shape index (κ3) is 6.21. The minimum atomic E-state index is -1.27. The SMILES string of the molecule is Cc1ccc(-c2c(C)noc2C)cc1N(CCCOC1(C)CN(c2ccc3c(c2)C(O)N(C2CCC(=O)NC2=O)C3=O)C1)c1ccc(C2(C#N)CC2)cc1. The zero-order chi connectivity index (χ0) is 37.9. The Balaban J connectivity index is 0.937. The first kappa shape index (κ1) is 35.5. The first-order chi connectivity index (χ1) is 25.9. The van der Waals surface area contributed by atoms with E-state index < -0.39 is 24.1 Å². The number of piperidine rings is 1. The van der Waals surface area contributed by atoms with Crippen LogP contribution in [0.25, 0.3) is 11.1 Å². The highest BCUT2D eigenvalue weighted by molar-refractivity contribution is 6.06. The van der Waals surface area contributed by atoms with Gasteiger partial charge in [-0.2, -0.15) is 5.26 Å². The Bertz CT molecular complexity index is 2180. The predicted molar refractivity (Wildman–Crippen MR) is 201 cm³/mol. The van der Waals surface area contributed by atoms with E-state index in [0.717, 1.165) is 70.0 Å². The number of aryl methyl sites for hydroxylation is 3. The molecule has 2 atom stereocenters. The summed E-state index contributed by atoms with van der Waals surface area (Å²) in [6.45, 7) is 10.6. The van der Waals surface area contributed by atoms with Crippen LogP contribution in [0, 0.1) is 32.1 Å². The predicted octanol–water partition coefficient (Wildman–Crippen LogP) is 5.90. The first-order valence-corrected chi connectivity index (χ1v) is 18.6. The molecule has 3 amide bonds. The fourth-order valence-corrected chi connectivity index (χ4v) is 8.28. The summed E-state index contributed by atoms with van der Waals surface area (Å²) in [7, 11) is 0. The standard InChI is InChI=1S/C42H44N6O6/c1-25-6-7-28(37-26(2)45-54-27(37)3)20-35(25)47(30-10-8-29(9-11-30)42(22-43)16-17-42)18-5-19-53-41(4)23-46(24-41)31-12-13-32-33(21-31)40(52)48(39(32)51)34-14-15-36(49)44-38(34)50/h6-13,20-21,34,40,52H,5,14-19,23-24H2,1-4H3,(H,44,49,50). The quantitative estimate of drug-likeness (QED) is 0.141. The van der Waals surface area contributed by atoms with Crippen LogP contribution in [0.4, 0.5) is 17.1 Å². The Hall–Kier alpha value is -5.51. The molecule has 2 saturated heterocycles. The maximum Gasteiger partial charge on any atom is 0.257 e. The molecule has 1 aromatic heterocycles. The lowest BCUT2D eigenvalue weighted by atomic mass is 9.94. The average Bonchev–Trinajstić information content (AvgIpc) is 3.83. The zero-order valence-electron chi connectivity index (χ0n) is 31.0. The lowest BCUT2D eigenvalue weighted by molar-refractivity contribution is -0.139. The lowest BCUT2D eigenvalue weighted by Crippen LogP contribution is -2.61. The minimum Gasteiger partial charge on any atom is -0.372 e. The molecule has 8 rings (SSSR count). The van der Waals surface area contributed by atoms with Gasteiger partial charge in [0.25, 0.3) is 5.91 Å². The Labute approximate surface area is 314 Å². The smallest absolute Gasteiger partial charge is 0.257 e. The number of nitrogens with zero attached hydrogens (tertiary/aromatic N) is 5. The molecule has 0 spiro atoms. The minimum absolute atomic E-state index is 0.117. The number of nitrogens with one attached hydrogen (secondary N) is 1. The van der Waals surface area contributed by atoms with E-state index >= 15 is 0 Å². The van der Waals surface area contributed by atoms with Crippen LogP contribution >= 0.6 is 0 Å². The number of anilines is 3. The summed E-state index contributed by atoms with van der Waals surface area (Å²) in [6, 6.07) is 21.8. The number of aromatic nitrogens is 1. The van der Waals surface area contributed by atoms with Gasteiger partial charge in [0.2, 0.25) is 11.8 Å². The molecule has 2 N–H and O–H groups in total. The van der Waals surface area contributed by atoms with E-state index in [9.17, 15) is 24.8 Å². The summed E-state index contributed by atoms with van der Waals surface area (Å²) in [6.07, 6.45) is 1.59. The van der Waals surface area contributed by atoms with Gasteiger partial charge in [0.05, 0.1) is 17.2 Å². The lowest BCUT2D eigenvalue weighted by Gasteiger charge is -2.49. The molecular weight excluding hydrogens is 684 g/mol. The highest BCUT2D eigenvalue weighted by Gasteiger charge is 2.46. The van der Waals surface area contributed by atoms with Gasteiger partial charge in [0, 0.05) is 66.4 Å². The van der Waals surface area contributed by atoms with E-state index in [-0.39, 0.29) is 29.8 Å². The van der Waals surface area contributed by atoms with Crippen LogP contribution in [0.3, 0.4) is 0 Å². The Morgan fingerprint density at radius 1 is 1.06 bits per heavy atom. The molecule has 1 saturated carbocycles. The molecule has 4 aromatic rings. The number of imide groups is 1. The first-order valence-electron chi connectivity index (χ1n) is 18.6. The van der Waals surface area contributed by atoms with Gasteiger partial charge in [-0.05, 0) is 106 Å². The molecular formula is C42H44N6O6. The van der Waals surface area contributed by atoms with E-state index in [0.29, 0.717) is 37.4 Å². The number of rotatable bonds is 11. The molecule has 12 nitrogen and oxygen atoms in total. The van der Waals surface area contributed by atoms with Crippen LogP contribution in [-0.2, 0) is 19.7 Å². The number of hydrogen-bond donors (Lipinski definition) is 2. The monoisotopic (exact) mass is 728 g/mol. The fraction of sp³-hybridized carbons (Fsp3) is 0.405. The molecule has 4 heterocycles. The maximum absolute atomic E-state index is 13.2. The van der Waals surface area contributed by atoms with Gasteiger partial charge >= 0.3 is 0 Å². The van der Waals surface area contributed by atoms with E-state index in [1.807, 2.05) is 26.0 Å². The second-order valence-corrected chi connectivity index (χ2v) is 15.4. The molecule has 12 heteroatoms. The molecule has 3 aliphatic heterocycles. The van der Waals surface area contributed by atoms with Gasteiger partial charge in [-0.25, -0.2) is 0 Å². The largest absolute Gasteiger partial charge is 0.372 e. The normalized spacial score (nSPS) is 21.0. The topological polar surface area (TPSA) is 152 Å². The number of aliphatic hydroxyl groups excluding tert-OH is 1. The average molecular weight is 729 g/mol. The third-order valence-corrected chi connectivity index (χ3v) is 11.5. The van der Waals surface area contributed by atoms with Crippen molar-refractivity contribution in [3.63, 3.8) is 0 Å². The van der Waals surface area contributed by atoms with E-state index in [4.69, 9.17) is 9.26 Å². The number of amides is 3. The van der Waals surface area contributed by atoms with Crippen LogP contribution in [-0.4, -0.2) is 70.8 Å². The van der Waals surface area contributed by atoms with Gasteiger partial charge < -0.3 is 24.2 Å². The molecule has 2 unspecified atom stereocenters. The van der Waals surface area contributed by atoms with Crippen molar-refractivity contribution in [3.8, 4) is 17.2 Å². The fourth-order valence-electron chi connectivity index (χ4n) is 8.28. The van der Waals surface area contributed by atoms with Crippen LogP contribution in [0.15, 0.2) is 65.2 Å². The number of aliphatic hydroxyl groups is 1. The number of fused-ring (bicyclic) bond motifs is 1. The number of hydrogen-bond acceptors (Lipinski definition) is 10. The van der Waals surface area contributed by atoms with Gasteiger partial charge in [-0.1, -0.05) is 29.4 Å². The van der Waals surface area contributed by atoms with Crippen molar-refractivity contribution in [1.29, 1.82) is 5.26 Å². The number of nitriles is 1. The Morgan fingerprint density at radius 3 is 2.48 bits per heavy atom. The summed E-state index contributed by atoms with van der Waals surface area (Å²) < 4.78 is 12.0. The molecule has 0 bridgehead atoms. The van der Waals surface area contributed by atoms with Crippen molar-refractivity contribution < 1.29 is 28.8 Å². The third-order valence-electron chi connectivity index (χ3n) is 11.5. The van der Waals surface area contributed by atoms with E-state index in [2.05, 4.69) is 82.7 Å². The van der Waals surface area contributed by atoms with Crippen LogP contribution in [0.5, 0.6) is 0 Å². The van der Waals surface area contributed by atoms with Crippen molar-refractivity contribution in [2.24, 2.45) is 0 Å². The molecule has 3 fully saturated rings. The van der Waals surface area contributed by atoms with E-state index in [1.165, 1.54) is 4.90 Å². The van der Waals surface area contributed by atoms with Crippen molar-refractivity contribution >= 4 is 34.8 Å². The molecule has 3 aromatic carbocycles. The second kappa shape index (κ2) is 13.4. The molecule has 4 aliphatic rings. The molecule has 278 valence electrons. The highest BCUT2D eigenvalue weighted by atomic mass is 16.5. The van der Waals surface area contributed by atoms with Crippen LogP contribution in [0.2, 0.25) is 0 Å². The summed E-state index contributed by atoms with van der Waals surface area (Å²) in [5.74, 6) is -0.578. The summed E-state index contributed by atoms with van der Waals surface area (Å²) in [5.41, 5.74) is 8.15. The molecule has 54 heavy (non-hydrogen) atoms. The number of carbonyl (C=O) groups excluding carboxylic acids is 3. The number of benzene rings is 3. The van der Waals surface area contributed by atoms with Crippen molar-refractivity contribution in [1.82, 2.24) is 15.4 Å². The van der Waals surface area contributed by atoms with Crippen molar-refractivity contribution in [3.05, 3.63) is 94.4 Å². The van der Waals surface area contributed by atoms with Gasteiger partial charge in [-0.3, -0.25) is 24.6 Å². The second-order valence-electron chi connectivity index (χ2n) is 15.4. The molecule has 0 radical (unpaired) electrons. The summed E-state index contributed by atoms with van der Waals surface area (Å²) >= 11 is 0. The summed E-state index contributed by atoms with van der Waals surface area (Å²) in [4.78, 5) is 43.0. The number of ether oxygens (including phenoxy) is 1.